The van der Waals surface area contributed by atoms with E-state index in [1.54, 1.807) is 6.07 Å². The molecule has 1 unspecified atom stereocenters. The normalized spacial score (nSPS) is 16.7. The first kappa shape index (κ1) is 11.3. The van der Waals surface area contributed by atoms with E-state index in [9.17, 15) is 9.90 Å². The molecule has 0 bridgehead atoms. The number of hydrogen-bond donors (Lipinski definition) is 3. The van der Waals surface area contributed by atoms with Crippen LogP contribution in [0.4, 0.5) is 0 Å². The first-order valence-electron chi connectivity index (χ1n) is 6.28. The smallest absolute Gasteiger partial charge is 0.252 e. The van der Waals surface area contributed by atoms with Crippen molar-refractivity contribution in [1.29, 1.82) is 0 Å². The van der Waals surface area contributed by atoms with Crippen molar-refractivity contribution in [3.63, 3.8) is 0 Å². The number of fused-ring (bicyclic) bond motifs is 1. The number of aromatic nitrogens is 1. The van der Waals surface area contributed by atoms with Gasteiger partial charge in [-0.1, -0.05) is 6.07 Å². The zero-order valence-corrected chi connectivity index (χ0v) is 10.0. The molecule has 1 amide bonds. The van der Waals surface area contributed by atoms with Crippen LogP contribution in [0.25, 0.3) is 10.9 Å². The molecule has 0 saturated heterocycles. The molecule has 0 radical (unpaired) electrons. The van der Waals surface area contributed by atoms with Gasteiger partial charge in [-0.05, 0) is 37.0 Å². The fraction of sp³-hybridized carbons (Fsp3) is 0.357. The Morgan fingerprint density at radius 2 is 2.28 bits per heavy atom. The van der Waals surface area contributed by atoms with Crippen molar-refractivity contribution in [2.75, 3.05) is 6.54 Å². The van der Waals surface area contributed by atoms with Crippen molar-refractivity contribution < 1.29 is 9.90 Å². The van der Waals surface area contributed by atoms with Crippen LogP contribution in [0.3, 0.4) is 0 Å². The van der Waals surface area contributed by atoms with Gasteiger partial charge in [-0.15, -0.1) is 0 Å². The van der Waals surface area contributed by atoms with Gasteiger partial charge < -0.3 is 15.4 Å². The number of nitrogens with one attached hydrogen (secondary N) is 2. The van der Waals surface area contributed by atoms with Gasteiger partial charge in [0.2, 0.25) is 0 Å². The Morgan fingerprint density at radius 3 is 3.06 bits per heavy atom. The van der Waals surface area contributed by atoms with Gasteiger partial charge in [0.25, 0.3) is 5.91 Å². The number of benzene rings is 1. The Kier molecular flexibility index (Phi) is 2.80. The summed E-state index contributed by atoms with van der Waals surface area (Å²) >= 11 is 0. The number of aliphatic hydroxyl groups excluding tert-OH is 1. The lowest BCUT2D eigenvalue weighted by atomic mass is 10.1. The molecule has 94 valence electrons. The van der Waals surface area contributed by atoms with Crippen LogP contribution in [0, 0.1) is 5.92 Å². The van der Waals surface area contributed by atoms with Crippen molar-refractivity contribution in [2.24, 2.45) is 5.92 Å². The number of amides is 1. The van der Waals surface area contributed by atoms with Crippen LogP contribution in [0.1, 0.15) is 23.2 Å². The summed E-state index contributed by atoms with van der Waals surface area (Å²) in [7, 11) is 0. The number of aliphatic hydroxyl groups is 1. The summed E-state index contributed by atoms with van der Waals surface area (Å²) in [5.74, 6) is 0.258. The number of rotatable bonds is 4. The lowest BCUT2D eigenvalue weighted by molar-refractivity contribution is 0.0903. The van der Waals surface area contributed by atoms with Gasteiger partial charge in [-0.3, -0.25) is 4.79 Å². The molecular formula is C14H16N2O2. The molecule has 4 heteroatoms. The molecule has 18 heavy (non-hydrogen) atoms. The number of carbonyl (C=O) groups excluding carboxylic acids is 1. The van der Waals surface area contributed by atoms with E-state index in [1.165, 1.54) is 0 Å². The van der Waals surface area contributed by atoms with E-state index in [1.807, 2.05) is 24.4 Å². The van der Waals surface area contributed by atoms with Crippen molar-refractivity contribution in [1.82, 2.24) is 10.3 Å². The largest absolute Gasteiger partial charge is 0.391 e. The molecule has 1 aliphatic carbocycles. The highest BCUT2D eigenvalue weighted by molar-refractivity contribution is 6.06. The van der Waals surface area contributed by atoms with E-state index in [0.29, 0.717) is 18.0 Å². The van der Waals surface area contributed by atoms with Crippen LogP contribution < -0.4 is 5.32 Å². The molecule has 1 heterocycles. The Labute approximate surface area is 105 Å². The zero-order chi connectivity index (χ0) is 12.5. The topological polar surface area (TPSA) is 65.1 Å². The van der Waals surface area contributed by atoms with E-state index < -0.39 is 6.10 Å². The fourth-order valence-corrected chi connectivity index (χ4v) is 2.22. The molecule has 3 rings (SSSR count). The van der Waals surface area contributed by atoms with Gasteiger partial charge in [-0.2, -0.15) is 0 Å². The third kappa shape index (κ3) is 2.11. The van der Waals surface area contributed by atoms with E-state index in [0.717, 1.165) is 23.7 Å². The minimum Gasteiger partial charge on any atom is -0.391 e. The minimum absolute atomic E-state index is 0.125. The third-order valence-electron chi connectivity index (χ3n) is 3.48. The van der Waals surface area contributed by atoms with Crippen LogP contribution >= 0.6 is 0 Å². The molecule has 0 spiro atoms. The molecule has 4 nitrogen and oxygen atoms in total. The maximum absolute atomic E-state index is 12.1. The summed E-state index contributed by atoms with van der Waals surface area (Å²) in [4.78, 5) is 15.1. The van der Waals surface area contributed by atoms with E-state index in [4.69, 9.17) is 0 Å². The van der Waals surface area contributed by atoms with Gasteiger partial charge in [0, 0.05) is 29.2 Å². The molecule has 1 fully saturated rings. The predicted octanol–water partition coefficient (Wildman–Crippen LogP) is 1.67. The van der Waals surface area contributed by atoms with Gasteiger partial charge in [-0.25, -0.2) is 0 Å². The number of carbonyl (C=O) groups is 1. The third-order valence-corrected chi connectivity index (χ3v) is 3.48. The number of H-pyrrole nitrogens is 1. The molecule has 1 aliphatic rings. The standard InChI is InChI=1S/C14H16N2O2/c17-13(9-4-5-9)8-16-14(18)11-2-1-3-12-10(11)6-7-15-12/h1-3,6-7,9,13,15,17H,4-5,8H2,(H,16,18). The van der Waals surface area contributed by atoms with Crippen molar-refractivity contribution in [3.8, 4) is 0 Å². The molecular weight excluding hydrogens is 228 g/mol. The number of hydrogen-bond acceptors (Lipinski definition) is 2. The van der Waals surface area contributed by atoms with Crippen LogP contribution in [0.5, 0.6) is 0 Å². The minimum atomic E-state index is -0.403. The Balaban J connectivity index is 1.73. The Bertz CT molecular complexity index is 572. The SMILES string of the molecule is O=C(NCC(O)C1CC1)c1cccc2[nH]ccc12. The summed E-state index contributed by atoms with van der Waals surface area (Å²) in [5.41, 5.74) is 1.60. The van der Waals surface area contributed by atoms with Gasteiger partial charge in [0.05, 0.1) is 6.10 Å². The van der Waals surface area contributed by atoms with Crippen molar-refractivity contribution in [3.05, 3.63) is 36.0 Å². The highest BCUT2D eigenvalue weighted by Gasteiger charge is 2.29. The van der Waals surface area contributed by atoms with E-state index in [2.05, 4.69) is 10.3 Å². The zero-order valence-electron chi connectivity index (χ0n) is 10.0. The summed E-state index contributed by atoms with van der Waals surface area (Å²) in [6.07, 6.45) is 3.56. The monoisotopic (exact) mass is 244 g/mol. The van der Waals surface area contributed by atoms with Crippen LogP contribution in [-0.4, -0.2) is 28.6 Å². The maximum atomic E-state index is 12.1. The average Bonchev–Trinajstić information content (AvgIpc) is 3.12. The first-order chi connectivity index (χ1) is 8.75. The molecule has 1 aromatic carbocycles. The van der Waals surface area contributed by atoms with Crippen LogP contribution in [0.2, 0.25) is 0 Å². The Hall–Kier alpha value is -1.81. The molecule has 1 saturated carbocycles. The second-order valence-corrected chi connectivity index (χ2v) is 4.86. The summed E-state index contributed by atoms with van der Waals surface area (Å²) < 4.78 is 0. The Morgan fingerprint density at radius 1 is 1.44 bits per heavy atom. The second-order valence-electron chi connectivity index (χ2n) is 4.86. The summed E-state index contributed by atoms with van der Waals surface area (Å²) in [5, 5.41) is 13.4. The summed E-state index contributed by atoms with van der Waals surface area (Å²) in [6.45, 7) is 0.338. The van der Waals surface area contributed by atoms with Crippen molar-refractivity contribution in [2.45, 2.75) is 18.9 Å². The van der Waals surface area contributed by atoms with Crippen molar-refractivity contribution >= 4 is 16.8 Å². The van der Waals surface area contributed by atoms with Crippen LogP contribution in [-0.2, 0) is 0 Å². The molecule has 1 aromatic heterocycles. The fourth-order valence-electron chi connectivity index (χ4n) is 2.22. The maximum Gasteiger partial charge on any atom is 0.252 e. The molecule has 2 aromatic rings. The molecule has 0 aliphatic heterocycles. The lowest BCUT2D eigenvalue weighted by Gasteiger charge is -2.11. The van der Waals surface area contributed by atoms with E-state index >= 15 is 0 Å². The predicted molar refractivity (Wildman–Crippen MR) is 69.4 cm³/mol. The lowest BCUT2D eigenvalue weighted by Crippen LogP contribution is -2.33. The van der Waals surface area contributed by atoms with E-state index in [-0.39, 0.29) is 5.91 Å². The first-order valence-corrected chi connectivity index (χ1v) is 6.28. The average molecular weight is 244 g/mol. The van der Waals surface area contributed by atoms with Gasteiger partial charge in [0.1, 0.15) is 0 Å². The molecule has 1 atom stereocenters. The highest BCUT2D eigenvalue weighted by Crippen LogP contribution is 2.32. The summed E-state index contributed by atoms with van der Waals surface area (Å²) in [6, 6.07) is 7.48. The second kappa shape index (κ2) is 4.46. The van der Waals surface area contributed by atoms with Gasteiger partial charge >= 0.3 is 0 Å². The number of aromatic amines is 1. The van der Waals surface area contributed by atoms with Crippen LogP contribution in [0.15, 0.2) is 30.5 Å². The van der Waals surface area contributed by atoms with Gasteiger partial charge in [0.15, 0.2) is 0 Å². The highest BCUT2D eigenvalue weighted by atomic mass is 16.3. The molecule has 3 N–H and O–H groups in total. The quantitative estimate of drug-likeness (QED) is 0.766.